The van der Waals surface area contributed by atoms with Crippen LogP contribution >= 0.6 is 12.2 Å². The zero-order chi connectivity index (χ0) is 16.2. The Morgan fingerprint density at radius 2 is 1.52 bits per heavy atom. The van der Waals surface area contributed by atoms with Gasteiger partial charge in [0.1, 0.15) is 0 Å². The topological polar surface area (TPSA) is 49.0 Å². The van der Waals surface area contributed by atoms with E-state index in [0.717, 1.165) is 25.2 Å². The number of thiocarbonyl (C=S) groups is 1. The molecular formula is C18H24N4S. The Balaban J connectivity index is 1.44. The molecule has 0 aliphatic carbocycles. The van der Waals surface area contributed by atoms with E-state index >= 15 is 0 Å². The fourth-order valence-corrected chi connectivity index (χ4v) is 2.42. The monoisotopic (exact) mass is 328 g/mol. The average Bonchev–Trinajstić information content (AvgIpc) is 2.59. The number of rotatable bonds is 9. The minimum Gasteiger partial charge on any atom is -0.385 e. The number of para-hydroxylation sites is 1. The first kappa shape index (κ1) is 17.2. The quantitative estimate of drug-likeness (QED) is 0.479. The molecule has 0 aliphatic rings. The molecule has 122 valence electrons. The summed E-state index contributed by atoms with van der Waals surface area (Å²) in [5.41, 5.74) is 2.16. The Hall–Kier alpha value is -2.14. The van der Waals surface area contributed by atoms with Crippen molar-refractivity contribution in [1.29, 1.82) is 0 Å². The van der Waals surface area contributed by atoms with E-state index in [0.29, 0.717) is 5.11 Å². The number of hydrogen-bond acceptors (Lipinski definition) is 3. The van der Waals surface area contributed by atoms with Crippen LogP contribution < -0.4 is 16.0 Å². The summed E-state index contributed by atoms with van der Waals surface area (Å²) in [4.78, 5) is 3.97. The van der Waals surface area contributed by atoms with E-state index < -0.39 is 0 Å². The van der Waals surface area contributed by atoms with Gasteiger partial charge in [0.25, 0.3) is 0 Å². The van der Waals surface area contributed by atoms with E-state index in [1.165, 1.54) is 24.9 Å². The van der Waals surface area contributed by atoms with Crippen LogP contribution in [0, 0.1) is 0 Å². The number of benzene rings is 1. The summed E-state index contributed by atoms with van der Waals surface area (Å²) in [5, 5.41) is 10.5. The molecule has 0 bridgehead atoms. The second-order valence-electron chi connectivity index (χ2n) is 5.32. The third kappa shape index (κ3) is 7.61. The molecule has 0 radical (unpaired) electrons. The summed E-state index contributed by atoms with van der Waals surface area (Å²) in [5.74, 6) is 0. The van der Waals surface area contributed by atoms with Crippen LogP contribution in [0.5, 0.6) is 0 Å². The molecular weight excluding hydrogens is 304 g/mol. The van der Waals surface area contributed by atoms with Crippen molar-refractivity contribution in [3.05, 3.63) is 54.9 Å². The molecule has 0 amide bonds. The van der Waals surface area contributed by atoms with Crippen molar-refractivity contribution in [2.24, 2.45) is 0 Å². The molecule has 0 fully saturated rings. The second-order valence-corrected chi connectivity index (χ2v) is 5.73. The van der Waals surface area contributed by atoms with E-state index in [4.69, 9.17) is 12.2 Å². The fraction of sp³-hybridized carbons (Fsp3) is 0.333. The van der Waals surface area contributed by atoms with Gasteiger partial charge in [-0.1, -0.05) is 31.0 Å². The van der Waals surface area contributed by atoms with Gasteiger partial charge < -0.3 is 16.0 Å². The molecule has 3 N–H and O–H groups in total. The minimum absolute atomic E-state index is 0.668. The van der Waals surface area contributed by atoms with Crippen molar-refractivity contribution in [3.8, 4) is 0 Å². The smallest absolute Gasteiger partial charge is 0.170 e. The number of pyridine rings is 1. The average molecular weight is 328 g/mol. The number of nitrogens with one attached hydrogen (secondary N) is 3. The van der Waals surface area contributed by atoms with Crippen LogP contribution in [0.15, 0.2) is 54.9 Å². The molecule has 0 aliphatic heterocycles. The van der Waals surface area contributed by atoms with Crippen molar-refractivity contribution < 1.29 is 0 Å². The van der Waals surface area contributed by atoms with E-state index in [1.807, 2.05) is 18.2 Å². The molecule has 0 atom stereocenters. The van der Waals surface area contributed by atoms with Gasteiger partial charge in [-0.05, 0) is 49.3 Å². The lowest BCUT2D eigenvalue weighted by Crippen LogP contribution is -2.29. The molecule has 0 unspecified atom stereocenters. The Morgan fingerprint density at radius 3 is 2.26 bits per heavy atom. The van der Waals surface area contributed by atoms with Crippen molar-refractivity contribution in [3.63, 3.8) is 0 Å². The van der Waals surface area contributed by atoms with E-state index in [9.17, 15) is 0 Å². The van der Waals surface area contributed by atoms with Gasteiger partial charge in [0.05, 0.1) is 0 Å². The lowest BCUT2D eigenvalue weighted by atomic mass is 10.2. The number of hydrogen-bond donors (Lipinski definition) is 3. The largest absolute Gasteiger partial charge is 0.385 e. The maximum Gasteiger partial charge on any atom is 0.170 e. The van der Waals surface area contributed by atoms with Gasteiger partial charge >= 0.3 is 0 Å². The van der Waals surface area contributed by atoms with Crippen LogP contribution in [0.4, 0.5) is 11.4 Å². The lowest BCUT2D eigenvalue weighted by molar-refractivity contribution is 0.645. The van der Waals surface area contributed by atoms with Crippen molar-refractivity contribution in [2.45, 2.75) is 25.7 Å². The maximum atomic E-state index is 5.26. The van der Waals surface area contributed by atoms with Crippen molar-refractivity contribution >= 4 is 28.7 Å². The third-order valence-electron chi connectivity index (χ3n) is 3.43. The molecule has 0 spiro atoms. The molecule has 2 rings (SSSR count). The number of nitrogens with zero attached hydrogens (tertiary/aromatic N) is 1. The summed E-state index contributed by atoms with van der Waals surface area (Å²) in [7, 11) is 0. The molecule has 1 aromatic carbocycles. The molecule has 5 heteroatoms. The van der Waals surface area contributed by atoms with E-state index in [-0.39, 0.29) is 0 Å². The first-order valence-corrected chi connectivity index (χ1v) is 8.49. The highest BCUT2D eigenvalue weighted by Gasteiger charge is 1.97. The summed E-state index contributed by atoms with van der Waals surface area (Å²) >= 11 is 5.26. The first-order chi connectivity index (χ1) is 11.3. The Bertz CT molecular complexity index is 560. The molecule has 0 saturated heterocycles. The predicted octanol–water partition coefficient (Wildman–Crippen LogP) is 4.04. The van der Waals surface area contributed by atoms with Crippen LogP contribution in [-0.2, 0) is 0 Å². The molecule has 2 aromatic rings. The molecule has 23 heavy (non-hydrogen) atoms. The molecule has 4 nitrogen and oxygen atoms in total. The summed E-state index contributed by atoms with van der Waals surface area (Å²) in [6.45, 7) is 1.93. The third-order valence-corrected chi connectivity index (χ3v) is 3.68. The summed E-state index contributed by atoms with van der Waals surface area (Å²) < 4.78 is 0. The predicted molar refractivity (Wildman–Crippen MR) is 102 cm³/mol. The lowest BCUT2D eigenvalue weighted by Gasteiger charge is -2.10. The van der Waals surface area contributed by atoms with Crippen LogP contribution in [0.2, 0.25) is 0 Å². The minimum atomic E-state index is 0.668. The first-order valence-electron chi connectivity index (χ1n) is 8.08. The standard InChI is InChI=1S/C18H24N4S/c23-18(22-17-10-14-19-15-11-17)21-13-7-2-1-6-12-20-16-8-4-3-5-9-16/h3-5,8-11,14-15,20H,1-2,6-7,12-13H2,(H2,19,21,22,23). The summed E-state index contributed by atoms with van der Waals surface area (Å²) in [6.07, 6.45) is 8.24. The highest BCUT2D eigenvalue weighted by molar-refractivity contribution is 7.80. The maximum absolute atomic E-state index is 5.26. The van der Waals surface area contributed by atoms with Crippen molar-refractivity contribution in [1.82, 2.24) is 10.3 Å². The molecule has 1 heterocycles. The van der Waals surface area contributed by atoms with Gasteiger partial charge in [-0.25, -0.2) is 0 Å². The van der Waals surface area contributed by atoms with Gasteiger partial charge in [-0.15, -0.1) is 0 Å². The van der Waals surface area contributed by atoms with E-state index in [2.05, 4.69) is 45.2 Å². The van der Waals surface area contributed by atoms with Crippen LogP contribution in [0.25, 0.3) is 0 Å². The number of anilines is 2. The molecule has 1 aromatic heterocycles. The highest BCUT2D eigenvalue weighted by atomic mass is 32.1. The van der Waals surface area contributed by atoms with Gasteiger partial charge in [0.2, 0.25) is 0 Å². The van der Waals surface area contributed by atoms with Gasteiger partial charge in [0.15, 0.2) is 5.11 Å². The Kier molecular flexibility index (Phi) is 7.91. The second kappa shape index (κ2) is 10.6. The van der Waals surface area contributed by atoms with Gasteiger partial charge in [0, 0.05) is 36.9 Å². The number of aromatic nitrogens is 1. The molecule has 0 saturated carbocycles. The van der Waals surface area contributed by atoms with Gasteiger partial charge in [-0.3, -0.25) is 4.98 Å². The zero-order valence-corrected chi connectivity index (χ0v) is 14.1. The van der Waals surface area contributed by atoms with Crippen LogP contribution in [0.3, 0.4) is 0 Å². The summed E-state index contributed by atoms with van der Waals surface area (Å²) in [6, 6.07) is 14.1. The zero-order valence-electron chi connectivity index (χ0n) is 13.3. The van der Waals surface area contributed by atoms with E-state index in [1.54, 1.807) is 12.4 Å². The number of unbranched alkanes of at least 4 members (excludes halogenated alkanes) is 3. The fourth-order valence-electron chi connectivity index (χ4n) is 2.20. The normalized spacial score (nSPS) is 10.1. The SMILES string of the molecule is S=C(NCCCCCCNc1ccccc1)Nc1ccncc1. The van der Waals surface area contributed by atoms with Crippen LogP contribution in [-0.4, -0.2) is 23.2 Å². The van der Waals surface area contributed by atoms with Gasteiger partial charge in [-0.2, -0.15) is 0 Å². The van der Waals surface area contributed by atoms with Crippen molar-refractivity contribution in [2.75, 3.05) is 23.7 Å². The highest BCUT2D eigenvalue weighted by Crippen LogP contribution is 2.06. The Labute approximate surface area is 143 Å². The Morgan fingerprint density at radius 1 is 0.826 bits per heavy atom. The van der Waals surface area contributed by atoms with Crippen LogP contribution in [0.1, 0.15) is 25.7 Å².